The molecule has 0 saturated heterocycles. The fraction of sp³-hybridized carbons (Fsp3) is 0.462. The van der Waals surface area contributed by atoms with Gasteiger partial charge >= 0.3 is 0 Å². The molecule has 0 saturated carbocycles. The van der Waals surface area contributed by atoms with Gasteiger partial charge in [0.15, 0.2) is 0 Å². The molecular formula is C13H18NO2. The Kier molecular flexibility index (Phi) is 4.05. The first-order valence-corrected chi connectivity index (χ1v) is 5.49. The quantitative estimate of drug-likeness (QED) is 0.572. The van der Waals surface area contributed by atoms with Gasteiger partial charge in [0.05, 0.1) is 4.92 Å². The van der Waals surface area contributed by atoms with E-state index in [0.717, 1.165) is 23.5 Å². The molecule has 1 rings (SSSR count). The van der Waals surface area contributed by atoms with Gasteiger partial charge in [0.25, 0.3) is 5.69 Å². The number of non-ortho nitro benzene ring substituents is 1. The molecule has 0 unspecified atom stereocenters. The Hall–Kier alpha value is -1.38. The van der Waals surface area contributed by atoms with Gasteiger partial charge in [-0.3, -0.25) is 10.1 Å². The molecule has 1 aromatic rings. The van der Waals surface area contributed by atoms with Gasteiger partial charge in [0, 0.05) is 12.1 Å². The van der Waals surface area contributed by atoms with E-state index in [0.29, 0.717) is 5.92 Å². The smallest absolute Gasteiger partial charge is 0.258 e. The number of nitro benzene ring substituents is 1. The zero-order valence-corrected chi connectivity index (χ0v) is 10.3. The van der Waals surface area contributed by atoms with E-state index in [-0.39, 0.29) is 10.6 Å². The molecule has 16 heavy (non-hydrogen) atoms. The van der Waals surface area contributed by atoms with E-state index in [1.807, 2.05) is 19.9 Å². The summed E-state index contributed by atoms with van der Waals surface area (Å²) in [7, 11) is 0. The predicted molar refractivity (Wildman–Crippen MR) is 65.3 cm³/mol. The van der Waals surface area contributed by atoms with Gasteiger partial charge in [-0.05, 0) is 29.4 Å². The van der Waals surface area contributed by atoms with Crippen molar-refractivity contribution < 1.29 is 4.92 Å². The van der Waals surface area contributed by atoms with Crippen LogP contribution in [-0.4, -0.2) is 4.92 Å². The molecule has 1 aromatic carbocycles. The summed E-state index contributed by atoms with van der Waals surface area (Å²) >= 11 is 0. The van der Waals surface area contributed by atoms with Crippen molar-refractivity contribution in [3.8, 4) is 0 Å². The first-order valence-electron chi connectivity index (χ1n) is 5.49. The Labute approximate surface area is 96.6 Å². The highest BCUT2D eigenvalue weighted by atomic mass is 16.6. The van der Waals surface area contributed by atoms with Crippen LogP contribution in [0, 0.1) is 22.0 Å². The molecule has 0 aromatic heterocycles. The van der Waals surface area contributed by atoms with E-state index in [1.165, 1.54) is 0 Å². The second-order valence-electron chi connectivity index (χ2n) is 4.74. The lowest BCUT2D eigenvalue weighted by Crippen LogP contribution is -1.99. The Bertz CT molecular complexity index is 384. The maximum Gasteiger partial charge on any atom is 0.269 e. The van der Waals surface area contributed by atoms with Crippen LogP contribution in [0.25, 0.3) is 0 Å². The largest absolute Gasteiger partial charge is 0.269 e. The van der Waals surface area contributed by atoms with Crippen LogP contribution in [0.3, 0.4) is 0 Å². The molecule has 0 bridgehead atoms. The first kappa shape index (κ1) is 12.7. The summed E-state index contributed by atoms with van der Waals surface area (Å²) in [5.41, 5.74) is 2.19. The van der Waals surface area contributed by atoms with Crippen molar-refractivity contribution in [3.63, 3.8) is 0 Å². The average molecular weight is 220 g/mol. The third-order valence-corrected chi connectivity index (χ3v) is 2.41. The van der Waals surface area contributed by atoms with Crippen LogP contribution in [0.1, 0.15) is 38.8 Å². The summed E-state index contributed by atoms with van der Waals surface area (Å²) in [5, 5.41) is 10.8. The molecule has 0 aliphatic carbocycles. The summed E-state index contributed by atoms with van der Waals surface area (Å²) in [5.74, 6) is 1.61. The standard InChI is InChI=1S/C13H18NO2/c1-9(2)5-11-6-12(10(3)4)8-13(7-11)14(15)16/h6-9H,5H2,1-4H3. The molecule has 1 radical (unpaired) electrons. The SMILES string of the molecule is C[C](C)c1cc(CC(C)C)cc([N+](=O)[O-])c1. The monoisotopic (exact) mass is 220 g/mol. The van der Waals surface area contributed by atoms with Crippen LogP contribution in [0.4, 0.5) is 5.69 Å². The minimum absolute atomic E-state index is 0.189. The van der Waals surface area contributed by atoms with Gasteiger partial charge in [0.2, 0.25) is 0 Å². The molecule has 0 N–H and O–H groups in total. The van der Waals surface area contributed by atoms with E-state index in [4.69, 9.17) is 0 Å². The topological polar surface area (TPSA) is 43.1 Å². The van der Waals surface area contributed by atoms with Gasteiger partial charge in [-0.2, -0.15) is 0 Å². The molecule has 3 heteroatoms. The first-order chi connectivity index (χ1) is 7.40. The van der Waals surface area contributed by atoms with Crippen molar-refractivity contribution in [1.82, 2.24) is 0 Å². The lowest BCUT2D eigenvalue weighted by atomic mass is 9.96. The lowest BCUT2D eigenvalue weighted by molar-refractivity contribution is -0.385. The van der Waals surface area contributed by atoms with E-state index < -0.39 is 0 Å². The molecule has 0 fully saturated rings. The van der Waals surface area contributed by atoms with Crippen LogP contribution in [0.5, 0.6) is 0 Å². The molecule has 0 aliphatic heterocycles. The average Bonchev–Trinajstić information content (AvgIpc) is 2.15. The highest BCUT2D eigenvalue weighted by Crippen LogP contribution is 2.23. The van der Waals surface area contributed by atoms with Crippen LogP contribution in [0.15, 0.2) is 18.2 Å². The number of hydrogen-bond donors (Lipinski definition) is 0. The van der Waals surface area contributed by atoms with Crippen LogP contribution >= 0.6 is 0 Å². The van der Waals surface area contributed by atoms with Crippen LogP contribution in [-0.2, 0) is 6.42 Å². The predicted octanol–water partition coefficient (Wildman–Crippen LogP) is 3.76. The number of nitro groups is 1. The second kappa shape index (κ2) is 5.10. The van der Waals surface area contributed by atoms with Crippen molar-refractivity contribution in [3.05, 3.63) is 45.4 Å². The summed E-state index contributed by atoms with van der Waals surface area (Å²) in [6.45, 7) is 8.17. The van der Waals surface area contributed by atoms with Crippen molar-refractivity contribution >= 4 is 5.69 Å². The lowest BCUT2D eigenvalue weighted by Gasteiger charge is -2.09. The molecule has 0 amide bonds. The number of nitrogens with zero attached hydrogens (tertiary/aromatic N) is 1. The zero-order valence-electron chi connectivity index (χ0n) is 10.3. The van der Waals surface area contributed by atoms with E-state index in [1.54, 1.807) is 12.1 Å². The van der Waals surface area contributed by atoms with Crippen molar-refractivity contribution in [2.45, 2.75) is 34.1 Å². The minimum atomic E-state index is -0.323. The number of benzene rings is 1. The zero-order chi connectivity index (χ0) is 12.3. The molecular weight excluding hydrogens is 202 g/mol. The van der Waals surface area contributed by atoms with Gasteiger partial charge in [0.1, 0.15) is 0 Å². The highest BCUT2D eigenvalue weighted by molar-refractivity contribution is 5.44. The molecule has 0 spiro atoms. The van der Waals surface area contributed by atoms with Gasteiger partial charge < -0.3 is 0 Å². The van der Waals surface area contributed by atoms with Crippen LogP contribution < -0.4 is 0 Å². The van der Waals surface area contributed by atoms with Crippen molar-refractivity contribution in [2.24, 2.45) is 5.92 Å². The molecule has 87 valence electrons. The maximum absolute atomic E-state index is 10.8. The van der Waals surface area contributed by atoms with Gasteiger partial charge in [-0.15, -0.1) is 0 Å². The van der Waals surface area contributed by atoms with E-state index in [9.17, 15) is 10.1 Å². The van der Waals surface area contributed by atoms with E-state index in [2.05, 4.69) is 13.8 Å². The summed E-state index contributed by atoms with van der Waals surface area (Å²) in [6, 6.07) is 5.36. The minimum Gasteiger partial charge on any atom is -0.258 e. The third-order valence-electron chi connectivity index (χ3n) is 2.41. The third kappa shape index (κ3) is 3.33. The Morgan fingerprint density at radius 3 is 2.38 bits per heavy atom. The maximum atomic E-state index is 10.8. The Morgan fingerprint density at radius 2 is 1.94 bits per heavy atom. The fourth-order valence-electron chi connectivity index (χ4n) is 1.66. The van der Waals surface area contributed by atoms with Crippen molar-refractivity contribution in [2.75, 3.05) is 0 Å². The second-order valence-corrected chi connectivity index (χ2v) is 4.74. The van der Waals surface area contributed by atoms with E-state index >= 15 is 0 Å². The Balaban J connectivity index is 3.13. The molecule has 0 aliphatic rings. The Morgan fingerprint density at radius 1 is 1.31 bits per heavy atom. The number of hydrogen-bond acceptors (Lipinski definition) is 2. The molecule has 0 heterocycles. The van der Waals surface area contributed by atoms with Gasteiger partial charge in [-0.25, -0.2) is 0 Å². The van der Waals surface area contributed by atoms with Crippen molar-refractivity contribution in [1.29, 1.82) is 0 Å². The summed E-state index contributed by atoms with van der Waals surface area (Å²) < 4.78 is 0. The fourth-order valence-corrected chi connectivity index (χ4v) is 1.66. The van der Waals surface area contributed by atoms with Crippen LogP contribution in [0.2, 0.25) is 0 Å². The highest BCUT2D eigenvalue weighted by Gasteiger charge is 2.12. The summed E-state index contributed by atoms with van der Waals surface area (Å²) in [4.78, 5) is 10.5. The molecule has 0 atom stereocenters. The normalized spacial score (nSPS) is 11.1. The number of rotatable bonds is 4. The molecule has 3 nitrogen and oxygen atoms in total. The van der Waals surface area contributed by atoms with Gasteiger partial charge in [-0.1, -0.05) is 33.8 Å². The summed E-state index contributed by atoms with van der Waals surface area (Å²) in [6.07, 6.45) is 0.877.